The van der Waals surface area contributed by atoms with Gasteiger partial charge in [0.1, 0.15) is 5.76 Å². The maximum absolute atomic E-state index is 8.36. The number of aryl methyl sites for hydroxylation is 2. The van der Waals surface area contributed by atoms with Gasteiger partial charge < -0.3 is 9.52 Å². The fourth-order valence-electron chi connectivity index (χ4n) is 0.631. The zero-order valence-electron chi connectivity index (χ0n) is 6.92. The number of rotatable bonds is 0. The summed E-state index contributed by atoms with van der Waals surface area (Å²) in [5.74, 6) is 1.03. The van der Waals surface area contributed by atoms with Crippen molar-refractivity contribution in [3.05, 3.63) is 23.2 Å². The Morgan fingerprint density at radius 3 is 2.00 bits per heavy atom. The van der Waals surface area contributed by atoms with Gasteiger partial charge >= 0.3 is 0 Å². The Morgan fingerprint density at radius 2 is 1.91 bits per heavy atom. The fraction of sp³-hybridized carbons (Fsp3) is 0.375. The third-order valence-electron chi connectivity index (χ3n) is 1.53. The lowest BCUT2D eigenvalue weighted by atomic mass is 10.2. The first-order valence-corrected chi connectivity index (χ1v) is 3.22. The second-order valence-electron chi connectivity index (χ2n) is 2.21. The number of carbonyl (C=O) groups is 1. The zero-order valence-corrected chi connectivity index (χ0v) is 6.92. The van der Waals surface area contributed by atoms with E-state index in [1.807, 2.05) is 13.8 Å². The van der Waals surface area contributed by atoms with Gasteiger partial charge in [-0.2, -0.15) is 0 Å². The van der Waals surface area contributed by atoms with E-state index in [1.54, 1.807) is 6.26 Å². The molecule has 0 amide bonds. The lowest BCUT2D eigenvalue weighted by Crippen LogP contribution is -1.71. The zero-order chi connectivity index (χ0) is 8.85. The molecule has 0 bridgehead atoms. The van der Waals surface area contributed by atoms with Crippen LogP contribution in [0.3, 0.4) is 0 Å². The summed E-state index contributed by atoms with van der Waals surface area (Å²) < 4.78 is 5.09. The van der Waals surface area contributed by atoms with Crippen molar-refractivity contribution in [2.24, 2.45) is 0 Å². The molecule has 0 saturated heterocycles. The molecule has 1 heterocycles. The van der Waals surface area contributed by atoms with E-state index in [4.69, 9.17) is 14.3 Å². The van der Waals surface area contributed by atoms with Crippen LogP contribution in [-0.2, 0) is 4.79 Å². The molecule has 0 saturated carbocycles. The summed E-state index contributed by atoms with van der Waals surface area (Å²) >= 11 is 0. The van der Waals surface area contributed by atoms with Crippen LogP contribution in [0.5, 0.6) is 0 Å². The minimum atomic E-state index is -0.250. The van der Waals surface area contributed by atoms with E-state index < -0.39 is 0 Å². The summed E-state index contributed by atoms with van der Waals surface area (Å²) in [7, 11) is 0. The lowest BCUT2D eigenvalue weighted by molar-refractivity contribution is -0.122. The minimum absolute atomic E-state index is 0.250. The second-order valence-corrected chi connectivity index (χ2v) is 2.21. The van der Waals surface area contributed by atoms with Gasteiger partial charge in [0.05, 0.1) is 6.26 Å². The third-order valence-corrected chi connectivity index (χ3v) is 1.53. The predicted octanol–water partition coefficient (Wildman–Crippen LogP) is 1.91. The Balaban J connectivity index is 0.000000292. The highest BCUT2D eigenvalue weighted by Crippen LogP contribution is 2.12. The molecule has 0 aliphatic heterocycles. The fourth-order valence-corrected chi connectivity index (χ4v) is 0.631. The molecule has 1 aromatic rings. The quantitative estimate of drug-likeness (QED) is 0.583. The van der Waals surface area contributed by atoms with Gasteiger partial charge in [-0.1, -0.05) is 0 Å². The maximum Gasteiger partial charge on any atom is 0.290 e. The van der Waals surface area contributed by atoms with E-state index in [2.05, 4.69) is 6.92 Å². The molecular formula is C8H12O3. The first kappa shape index (κ1) is 9.75. The Bertz CT molecular complexity index is 206. The van der Waals surface area contributed by atoms with Crippen LogP contribution >= 0.6 is 0 Å². The van der Waals surface area contributed by atoms with Crippen LogP contribution in [0.1, 0.15) is 16.9 Å². The van der Waals surface area contributed by atoms with Gasteiger partial charge in [0.15, 0.2) is 0 Å². The number of furan rings is 1. The monoisotopic (exact) mass is 156 g/mol. The van der Waals surface area contributed by atoms with Crippen LogP contribution < -0.4 is 0 Å². The van der Waals surface area contributed by atoms with Crippen molar-refractivity contribution >= 4 is 6.47 Å². The second kappa shape index (κ2) is 4.55. The molecule has 62 valence electrons. The molecule has 0 aliphatic rings. The summed E-state index contributed by atoms with van der Waals surface area (Å²) in [5.41, 5.74) is 2.51. The average molecular weight is 156 g/mol. The summed E-state index contributed by atoms with van der Waals surface area (Å²) in [5, 5.41) is 6.89. The molecule has 1 N–H and O–H groups in total. The van der Waals surface area contributed by atoms with Crippen molar-refractivity contribution in [2.75, 3.05) is 0 Å². The van der Waals surface area contributed by atoms with Crippen molar-refractivity contribution in [1.29, 1.82) is 0 Å². The van der Waals surface area contributed by atoms with Crippen LogP contribution in [0, 0.1) is 20.8 Å². The molecule has 3 nitrogen and oxygen atoms in total. The summed E-state index contributed by atoms with van der Waals surface area (Å²) in [6.45, 7) is 5.84. The van der Waals surface area contributed by atoms with Crippen LogP contribution in [0.25, 0.3) is 0 Å². The smallest absolute Gasteiger partial charge is 0.290 e. The molecule has 3 heteroatoms. The van der Waals surface area contributed by atoms with E-state index in [-0.39, 0.29) is 6.47 Å². The van der Waals surface area contributed by atoms with Gasteiger partial charge in [-0.3, -0.25) is 4.79 Å². The van der Waals surface area contributed by atoms with Gasteiger partial charge in [0.25, 0.3) is 6.47 Å². The van der Waals surface area contributed by atoms with Crippen molar-refractivity contribution in [3.63, 3.8) is 0 Å². The van der Waals surface area contributed by atoms with Crippen LogP contribution in [0.4, 0.5) is 0 Å². The van der Waals surface area contributed by atoms with Crippen LogP contribution in [-0.4, -0.2) is 11.6 Å². The van der Waals surface area contributed by atoms with Gasteiger partial charge in [-0.15, -0.1) is 0 Å². The number of hydrogen-bond donors (Lipinski definition) is 1. The summed E-state index contributed by atoms with van der Waals surface area (Å²) in [6, 6.07) is 0. The highest BCUT2D eigenvalue weighted by atomic mass is 16.3. The lowest BCUT2D eigenvalue weighted by Gasteiger charge is -1.83. The van der Waals surface area contributed by atoms with Crippen LogP contribution in [0.2, 0.25) is 0 Å². The summed E-state index contributed by atoms with van der Waals surface area (Å²) in [6.07, 6.45) is 1.78. The van der Waals surface area contributed by atoms with Gasteiger partial charge in [-0.05, 0) is 31.9 Å². The van der Waals surface area contributed by atoms with Gasteiger partial charge in [0.2, 0.25) is 0 Å². The first-order chi connectivity index (χ1) is 5.13. The Hall–Kier alpha value is -1.25. The van der Waals surface area contributed by atoms with Crippen molar-refractivity contribution in [1.82, 2.24) is 0 Å². The molecule has 0 spiro atoms. The molecule has 1 rings (SSSR count). The van der Waals surface area contributed by atoms with Crippen molar-refractivity contribution < 1.29 is 14.3 Å². The standard InChI is InChI=1S/C7H10O.CH2O2/c1-5-4-8-7(3)6(5)2;2-1-3/h4H,1-3H3;1H,(H,2,3). The molecule has 0 unspecified atom stereocenters. The maximum atomic E-state index is 8.36. The van der Waals surface area contributed by atoms with Crippen molar-refractivity contribution in [2.45, 2.75) is 20.8 Å². The largest absolute Gasteiger partial charge is 0.483 e. The average Bonchev–Trinajstić information content (AvgIpc) is 2.22. The van der Waals surface area contributed by atoms with Gasteiger partial charge in [0, 0.05) is 0 Å². The summed E-state index contributed by atoms with van der Waals surface area (Å²) in [4.78, 5) is 8.36. The molecule has 11 heavy (non-hydrogen) atoms. The Morgan fingerprint density at radius 1 is 1.45 bits per heavy atom. The molecule has 0 atom stereocenters. The van der Waals surface area contributed by atoms with Gasteiger partial charge in [-0.25, -0.2) is 0 Å². The minimum Gasteiger partial charge on any atom is -0.483 e. The molecule has 0 aliphatic carbocycles. The van der Waals surface area contributed by atoms with E-state index in [0.717, 1.165) is 5.76 Å². The van der Waals surface area contributed by atoms with E-state index in [0.29, 0.717) is 0 Å². The molecule has 0 fully saturated rings. The highest BCUT2D eigenvalue weighted by molar-refractivity contribution is 5.32. The molecular weight excluding hydrogens is 144 g/mol. The first-order valence-electron chi connectivity index (χ1n) is 3.22. The predicted molar refractivity (Wildman–Crippen MR) is 41.6 cm³/mol. The third kappa shape index (κ3) is 2.89. The number of carboxylic acid groups (broad SMARTS) is 1. The van der Waals surface area contributed by atoms with E-state index in [9.17, 15) is 0 Å². The molecule has 1 aromatic heterocycles. The van der Waals surface area contributed by atoms with Crippen LogP contribution in [0.15, 0.2) is 10.7 Å². The SMILES string of the molecule is Cc1coc(C)c1C.O=CO. The Labute approximate surface area is 65.6 Å². The topological polar surface area (TPSA) is 50.4 Å². The number of hydrogen-bond acceptors (Lipinski definition) is 2. The highest BCUT2D eigenvalue weighted by Gasteiger charge is 1.97. The van der Waals surface area contributed by atoms with Crippen molar-refractivity contribution in [3.8, 4) is 0 Å². The Kier molecular flexibility index (Phi) is 4.03. The normalized spacial score (nSPS) is 8.27. The molecule has 0 radical (unpaired) electrons. The van der Waals surface area contributed by atoms with E-state index in [1.165, 1.54) is 11.1 Å². The van der Waals surface area contributed by atoms with E-state index >= 15 is 0 Å². The molecule has 0 aromatic carbocycles.